The fraction of sp³-hybridized carbons (Fsp3) is 0.643. The molecule has 6 heteroatoms. The van der Waals surface area contributed by atoms with Gasteiger partial charge >= 0.3 is 0 Å². The topological polar surface area (TPSA) is 74.6 Å². The Balaban J connectivity index is 1.91. The Morgan fingerprint density at radius 3 is 2.35 bits per heavy atom. The molecule has 3 rings (SSSR count). The number of aliphatic hydroxyl groups excluding tert-OH is 1. The highest BCUT2D eigenvalue weighted by molar-refractivity contribution is 8.14. The number of hydrogen-bond donors (Lipinski definition) is 2. The van der Waals surface area contributed by atoms with Crippen molar-refractivity contribution in [2.75, 3.05) is 0 Å². The van der Waals surface area contributed by atoms with Crippen molar-refractivity contribution in [2.24, 2.45) is 23.7 Å². The van der Waals surface area contributed by atoms with Crippen molar-refractivity contribution in [1.29, 1.82) is 0 Å². The van der Waals surface area contributed by atoms with Crippen LogP contribution in [0.5, 0.6) is 0 Å². The van der Waals surface area contributed by atoms with Crippen LogP contribution in [0.15, 0.2) is 45.7 Å². The minimum atomic E-state index is -1.20. The summed E-state index contributed by atoms with van der Waals surface area (Å²) in [5.74, 6) is 0.572. The fourth-order valence-corrected chi connectivity index (χ4v) is 7.55. The van der Waals surface area contributed by atoms with Crippen LogP contribution in [0.25, 0.3) is 0 Å². The molecule has 3 unspecified atom stereocenters. The summed E-state index contributed by atoms with van der Waals surface area (Å²) in [6, 6.07) is 10.0. The summed E-state index contributed by atoms with van der Waals surface area (Å²) in [6.07, 6.45) is 2.29. The van der Waals surface area contributed by atoms with E-state index in [1.165, 1.54) is 17.3 Å². The molecule has 34 heavy (non-hydrogen) atoms. The number of thioether (sulfide) groups is 2. The number of benzene rings is 1. The summed E-state index contributed by atoms with van der Waals surface area (Å²) in [7, 11) is 0. The zero-order valence-electron chi connectivity index (χ0n) is 21.3. The largest absolute Gasteiger partial charge is 0.390 e. The van der Waals surface area contributed by atoms with Gasteiger partial charge in [-0.25, -0.2) is 0 Å². The number of carbonyl (C=O) groups excluding carboxylic acids is 2. The lowest BCUT2D eigenvalue weighted by atomic mass is 9.71. The van der Waals surface area contributed by atoms with Gasteiger partial charge in [0.05, 0.1) is 16.6 Å². The zero-order valence-corrected chi connectivity index (χ0v) is 23.0. The van der Waals surface area contributed by atoms with Crippen LogP contribution in [0.1, 0.15) is 73.6 Å². The van der Waals surface area contributed by atoms with E-state index in [0.717, 1.165) is 22.6 Å². The maximum Gasteiger partial charge on any atom is 0.192 e. The lowest BCUT2D eigenvalue weighted by molar-refractivity contribution is -0.118. The van der Waals surface area contributed by atoms with E-state index in [9.17, 15) is 19.8 Å². The second-order valence-corrected chi connectivity index (χ2v) is 14.4. The third-order valence-corrected chi connectivity index (χ3v) is 9.35. The van der Waals surface area contributed by atoms with E-state index in [2.05, 4.69) is 27.7 Å². The highest BCUT2D eigenvalue weighted by Gasteiger charge is 2.47. The van der Waals surface area contributed by atoms with E-state index < -0.39 is 11.7 Å². The van der Waals surface area contributed by atoms with E-state index in [0.29, 0.717) is 19.3 Å². The Morgan fingerprint density at radius 2 is 1.76 bits per heavy atom. The highest BCUT2D eigenvalue weighted by Crippen LogP contribution is 2.54. The molecule has 2 aliphatic carbocycles. The molecule has 0 spiro atoms. The van der Waals surface area contributed by atoms with Crippen molar-refractivity contribution in [3.05, 3.63) is 40.8 Å². The van der Waals surface area contributed by atoms with E-state index in [1.54, 1.807) is 25.6 Å². The number of aliphatic hydroxyl groups is 2. The molecule has 0 heterocycles. The molecule has 1 aromatic rings. The van der Waals surface area contributed by atoms with Gasteiger partial charge in [0.2, 0.25) is 0 Å². The smallest absolute Gasteiger partial charge is 0.192 e. The van der Waals surface area contributed by atoms with Crippen molar-refractivity contribution >= 4 is 34.4 Å². The summed E-state index contributed by atoms with van der Waals surface area (Å²) in [6.45, 7) is 11.5. The maximum absolute atomic E-state index is 13.6. The second kappa shape index (κ2) is 10.9. The molecule has 2 N–H and O–H groups in total. The Labute approximate surface area is 213 Å². The van der Waals surface area contributed by atoms with Gasteiger partial charge in [0.15, 0.2) is 10.9 Å². The third-order valence-electron chi connectivity index (χ3n) is 7.03. The highest BCUT2D eigenvalue weighted by atomic mass is 32.2. The number of Topliss-reactive ketones (excluding diaryl/α,β-unsaturated/α-hetero) is 1. The zero-order chi connectivity index (χ0) is 25.3. The predicted octanol–water partition coefficient (Wildman–Crippen LogP) is 6.25. The average molecular weight is 505 g/mol. The van der Waals surface area contributed by atoms with Gasteiger partial charge in [0, 0.05) is 22.0 Å². The van der Waals surface area contributed by atoms with Crippen LogP contribution in [-0.4, -0.2) is 37.6 Å². The standard InChI is InChI=1S/C28H40O4S2/c1-17-16-22(29)25(33-18-10-8-7-9-11-18)21-13-12-19(24(17)21)20(26(31)34-27(2,3)4)14-15-23(30)28(5,6)32/h7-11,17,19-20,23-24,30,32H,12-16H2,1-6H3/t17-,19?,20?,23-,24?/m0/s1. The van der Waals surface area contributed by atoms with Crippen molar-refractivity contribution in [1.82, 2.24) is 0 Å². The first-order valence-corrected chi connectivity index (χ1v) is 14.0. The van der Waals surface area contributed by atoms with Gasteiger partial charge in [-0.15, -0.1) is 0 Å². The number of allylic oxidation sites excluding steroid dienone is 2. The molecule has 4 nitrogen and oxygen atoms in total. The van der Waals surface area contributed by atoms with Crippen LogP contribution in [0.4, 0.5) is 0 Å². The molecule has 1 aromatic carbocycles. The van der Waals surface area contributed by atoms with Crippen LogP contribution in [0.3, 0.4) is 0 Å². The van der Waals surface area contributed by atoms with Gasteiger partial charge in [-0.1, -0.05) is 69.4 Å². The summed E-state index contributed by atoms with van der Waals surface area (Å²) < 4.78 is -0.191. The maximum atomic E-state index is 13.6. The van der Waals surface area contributed by atoms with Crippen LogP contribution >= 0.6 is 23.5 Å². The van der Waals surface area contributed by atoms with Crippen LogP contribution in [0.2, 0.25) is 0 Å². The summed E-state index contributed by atoms with van der Waals surface area (Å²) >= 11 is 2.96. The molecular formula is C28H40O4S2. The van der Waals surface area contributed by atoms with Crippen molar-refractivity contribution in [3.63, 3.8) is 0 Å². The first-order valence-electron chi connectivity index (χ1n) is 12.4. The van der Waals surface area contributed by atoms with Gasteiger partial charge < -0.3 is 10.2 Å². The Kier molecular flexibility index (Phi) is 8.82. The lowest BCUT2D eigenvalue weighted by Gasteiger charge is -2.36. The Hall–Kier alpha value is -1.08. The molecule has 0 amide bonds. The molecule has 0 bridgehead atoms. The summed E-state index contributed by atoms with van der Waals surface area (Å²) in [5, 5.41) is 20.9. The number of rotatable bonds is 8. The van der Waals surface area contributed by atoms with E-state index in [4.69, 9.17) is 0 Å². The van der Waals surface area contributed by atoms with Crippen LogP contribution in [-0.2, 0) is 9.59 Å². The number of hydrogen-bond acceptors (Lipinski definition) is 6. The third kappa shape index (κ3) is 6.77. The van der Waals surface area contributed by atoms with Crippen molar-refractivity contribution in [2.45, 2.75) is 95.0 Å². The first-order chi connectivity index (χ1) is 15.8. The number of ketones is 1. The minimum Gasteiger partial charge on any atom is -0.390 e. The van der Waals surface area contributed by atoms with Crippen molar-refractivity contribution in [3.8, 4) is 0 Å². The molecule has 0 radical (unpaired) electrons. The second-order valence-electron chi connectivity index (χ2n) is 11.5. The minimum absolute atomic E-state index is 0.154. The summed E-state index contributed by atoms with van der Waals surface area (Å²) in [4.78, 5) is 28.6. The molecule has 1 saturated carbocycles. The average Bonchev–Trinajstić information content (AvgIpc) is 3.15. The number of fused-ring (bicyclic) bond motifs is 1. The van der Waals surface area contributed by atoms with Crippen LogP contribution in [0, 0.1) is 23.7 Å². The molecule has 0 aliphatic heterocycles. The van der Waals surface area contributed by atoms with E-state index in [1.807, 2.05) is 30.3 Å². The Morgan fingerprint density at radius 1 is 1.12 bits per heavy atom. The Bertz CT molecular complexity index is 911. The monoisotopic (exact) mass is 504 g/mol. The molecule has 0 aromatic heterocycles. The SMILES string of the molecule is C[C@H]1CC(=O)C(Sc2ccccc2)=C2CCC(C(CC[C@H](O)C(C)(C)O)C(=O)SC(C)(C)C)C21. The quantitative estimate of drug-likeness (QED) is 0.436. The molecule has 5 atom stereocenters. The van der Waals surface area contributed by atoms with Crippen LogP contribution < -0.4 is 0 Å². The molecule has 1 fully saturated rings. The van der Waals surface area contributed by atoms with E-state index >= 15 is 0 Å². The van der Waals surface area contributed by atoms with Gasteiger partial charge in [-0.3, -0.25) is 9.59 Å². The molecule has 2 aliphatic rings. The number of carbonyl (C=O) groups is 2. The van der Waals surface area contributed by atoms with Gasteiger partial charge in [0.1, 0.15) is 0 Å². The first kappa shape index (κ1) is 27.5. The van der Waals surface area contributed by atoms with Gasteiger partial charge in [-0.2, -0.15) is 0 Å². The summed E-state index contributed by atoms with van der Waals surface area (Å²) in [5.41, 5.74) is 0.0272. The lowest BCUT2D eigenvalue weighted by Crippen LogP contribution is -2.38. The molecule has 0 saturated heterocycles. The van der Waals surface area contributed by atoms with Gasteiger partial charge in [-0.05, 0) is 75.0 Å². The van der Waals surface area contributed by atoms with Crippen molar-refractivity contribution < 1.29 is 19.8 Å². The van der Waals surface area contributed by atoms with Gasteiger partial charge in [0.25, 0.3) is 0 Å². The fourth-order valence-electron chi connectivity index (χ4n) is 5.40. The molecule has 188 valence electrons. The van der Waals surface area contributed by atoms with E-state index in [-0.39, 0.29) is 39.3 Å². The molecular weight excluding hydrogens is 464 g/mol. The predicted molar refractivity (Wildman–Crippen MR) is 142 cm³/mol. The normalized spacial score (nSPS) is 25.3.